The summed E-state index contributed by atoms with van der Waals surface area (Å²) in [5.41, 5.74) is 7.26. The molecule has 3 rings (SSSR count). The Morgan fingerprint density at radius 1 is 1.28 bits per heavy atom. The van der Waals surface area contributed by atoms with Crippen LogP contribution in [0.4, 0.5) is 0 Å². The van der Waals surface area contributed by atoms with Gasteiger partial charge in [0.1, 0.15) is 0 Å². The third-order valence-corrected chi connectivity index (χ3v) is 4.66. The standard InChI is InChI=1S/C18H24N4O2.ClH/c1-3-12-22(4-2)16(23)14-8-6-13(7-9-14)15-20-17(21-24-15)18(19)10-5-11-18;/h6-9H,3-5,10-12,19H2,1-2H3;1H. The minimum atomic E-state index is -0.431. The Bertz CT molecular complexity index is 710. The third kappa shape index (κ3) is 3.85. The largest absolute Gasteiger partial charge is 0.339 e. The van der Waals surface area contributed by atoms with E-state index in [1.807, 2.05) is 24.0 Å². The zero-order valence-electron chi connectivity index (χ0n) is 14.7. The second kappa shape index (κ2) is 7.97. The van der Waals surface area contributed by atoms with Crippen molar-refractivity contribution < 1.29 is 9.32 Å². The summed E-state index contributed by atoms with van der Waals surface area (Å²) >= 11 is 0. The highest BCUT2D eigenvalue weighted by atomic mass is 35.5. The maximum Gasteiger partial charge on any atom is 0.257 e. The Balaban J connectivity index is 0.00000225. The molecule has 1 heterocycles. The normalized spacial score (nSPS) is 15.2. The van der Waals surface area contributed by atoms with Gasteiger partial charge in [-0.05, 0) is 56.9 Å². The lowest BCUT2D eigenvalue weighted by atomic mass is 9.77. The van der Waals surface area contributed by atoms with Gasteiger partial charge in [-0.2, -0.15) is 4.98 Å². The van der Waals surface area contributed by atoms with Crippen LogP contribution < -0.4 is 5.73 Å². The van der Waals surface area contributed by atoms with Crippen LogP contribution >= 0.6 is 12.4 Å². The van der Waals surface area contributed by atoms with E-state index in [9.17, 15) is 4.79 Å². The molecule has 0 radical (unpaired) electrons. The summed E-state index contributed by atoms with van der Waals surface area (Å²) in [6, 6.07) is 7.30. The van der Waals surface area contributed by atoms with Crippen LogP contribution in [0.1, 0.15) is 55.7 Å². The Hall–Kier alpha value is -1.92. The molecule has 1 aliphatic carbocycles. The first-order valence-corrected chi connectivity index (χ1v) is 8.60. The number of rotatable bonds is 6. The van der Waals surface area contributed by atoms with E-state index in [0.717, 1.165) is 37.8 Å². The van der Waals surface area contributed by atoms with Crippen molar-refractivity contribution in [2.45, 2.75) is 45.1 Å². The van der Waals surface area contributed by atoms with E-state index in [2.05, 4.69) is 17.1 Å². The van der Waals surface area contributed by atoms with Crippen LogP contribution in [0.5, 0.6) is 0 Å². The van der Waals surface area contributed by atoms with Crippen molar-refractivity contribution in [3.63, 3.8) is 0 Å². The van der Waals surface area contributed by atoms with Crippen molar-refractivity contribution in [2.24, 2.45) is 5.73 Å². The van der Waals surface area contributed by atoms with Crippen molar-refractivity contribution in [1.82, 2.24) is 15.0 Å². The molecule has 0 saturated heterocycles. The first-order chi connectivity index (χ1) is 11.6. The van der Waals surface area contributed by atoms with Crippen LogP contribution in [-0.2, 0) is 5.54 Å². The lowest BCUT2D eigenvalue weighted by Crippen LogP contribution is -2.44. The molecule has 1 aliphatic rings. The van der Waals surface area contributed by atoms with Gasteiger partial charge in [-0.3, -0.25) is 4.79 Å². The van der Waals surface area contributed by atoms with Crippen molar-refractivity contribution >= 4 is 18.3 Å². The van der Waals surface area contributed by atoms with E-state index in [1.165, 1.54) is 0 Å². The Labute approximate surface area is 154 Å². The highest BCUT2D eigenvalue weighted by molar-refractivity contribution is 5.94. The van der Waals surface area contributed by atoms with Crippen molar-refractivity contribution in [3.05, 3.63) is 35.7 Å². The lowest BCUT2D eigenvalue weighted by molar-refractivity contribution is 0.0764. The fourth-order valence-corrected chi connectivity index (χ4v) is 2.94. The molecule has 136 valence electrons. The maximum atomic E-state index is 12.5. The highest BCUT2D eigenvalue weighted by Gasteiger charge is 2.39. The van der Waals surface area contributed by atoms with Gasteiger partial charge in [-0.15, -0.1) is 12.4 Å². The topological polar surface area (TPSA) is 85.2 Å². The predicted molar refractivity (Wildman–Crippen MR) is 98.6 cm³/mol. The fraction of sp³-hybridized carbons (Fsp3) is 0.500. The molecular formula is C18H25ClN4O2. The monoisotopic (exact) mass is 364 g/mol. The summed E-state index contributed by atoms with van der Waals surface area (Å²) < 4.78 is 5.34. The van der Waals surface area contributed by atoms with Gasteiger partial charge in [0.25, 0.3) is 11.8 Å². The number of aromatic nitrogens is 2. The lowest BCUT2D eigenvalue weighted by Gasteiger charge is -2.34. The average molecular weight is 365 g/mol. The Morgan fingerprint density at radius 3 is 2.48 bits per heavy atom. The molecule has 1 amide bonds. The van der Waals surface area contributed by atoms with E-state index in [-0.39, 0.29) is 18.3 Å². The molecule has 0 aliphatic heterocycles. The molecule has 0 atom stereocenters. The van der Waals surface area contributed by atoms with Crippen molar-refractivity contribution in [3.8, 4) is 11.5 Å². The third-order valence-electron chi connectivity index (χ3n) is 4.66. The van der Waals surface area contributed by atoms with Gasteiger partial charge in [-0.1, -0.05) is 12.1 Å². The second-order valence-corrected chi connectivity index (χ2v) is 6.40. The van der Waals surface area contributed by atoms with Gasteiger partial charge >= 0.3 is 0 Å². The number of hydrogen-bond acceptors (Lipinski definition) is 5. The first-order valence-electron chi connectivity index (χ1n) is 8.60. The summed E-state index contributed by atoms with van der Waals surface area (Å²) in [6.07, 6.45) is 3.83. The zero-order chi connectivity index (χ0) is 17.2. The van der Waals surface area contributed by atoms with Gasteiger partial charge in [0.05, 0.1) is 5.54 Å². The number of benzene rings is 1. The van der Waals surface area contributed by atoms with Crippen LogP contribution in [0.25, 0.3) is 11.5 Å². The SMILES string of the molecule is CCCN(CC)C(=O)c1ccc(-c2nc(C3(N)CCC3)no2)cc1.Cl. The number of nitrogens with zero attached hydrogens (tertiary/aromatic N) is 3. The van der Waals surface area contributed by atoms with Crippen LogP contribution in [0, 0.1) is 0 Å². The molecule has 25 heavy (non-hydrogen) atoms. The maximum absolute atomic E-state index is 12.5. The summed E-state index contributed by atoms with van der Waals surface area (Å²) in [6.45, 7) is 5.53. The number of carbonyl (C=O) groups is 1. The van der Waals surface area contributed by atoms with Crippen LogP contribution in [0.3, 0.4) is 0 Å². The molecule has 7 heteroatoms. The predicted octanol–water partition coefficient (Wildman–Crippen LogP) is 3.37. The number of hydrogen-bond donors (Lipinski definition) is 1. The molecule has 1 aromatic heterocycles. The van der Waals surface area contributed by atoms with E-state index >= 15 is 0 Å². The minimum absolute atomic E-state index is 0. The highest BCUT2D eigenvalue weighted by Crippen LogP contribution is 2.37. The first kappa shape index (κ1) is 19.4. The average Bonchev–Trinajstić information content (AvgIpc) is 3.07. The van der Waals surface area contributed by atoms with Crippen LogP contribution in [0.15, 0.2) is 28.8 Å². The van der Waals surface area contributed by atoms with Gasteiger partial charge in [-0.25, -0.2) is 0 Å². The summed E-state index contributed by atoms with van der Waals surface area (Å²) in [4.78, 5) is 18.7. The zero-order valence-corrected chi connectivity index (χ0v) is 15.5. The van der Waals surface area contributed by atoms with E-state index in [0.29, 0.717) is 23.8 Å². The van der Waals surface area contributed by atoms with E-state index in [1.54, 1.807) is 12.1 Å². The molecule has 1 saturated carbocycles. The Morgan fingerprint density at radius 2 is 1.96 bits per heavy atom. The number of halogens is 1. The van der Waals surface area contributed by atoms with Gasteiger partial charge in [0, 0.05) is 24.2 Å². The van der Waals surface area contributed by atoms with Crippen LogP contribution in [-0.4, -0.2) is 34.0 Å². The Kier molecular flexibility index (Phi) is 6.19. The smallest absolute Gasteiger partial charge is 0.257 e. The fourth-order valence-electron chi connectivity index (χ4n) is 2.94. The van der Waals surface area contributed by atoms with Gasteiger partial charge < -0.3 is 15.2 Å². The van der Waals surface area contributed by atoms with E-state index in [4.69, 9.17) is 10.3 Å². The number of nitrogens with two attached hydrogens (primary N) is 1. The number of carbonyl (C=O) groups excluding carboxylic acids is 1. The molecule has 1 aromatic carbocycles. The molecular weight excluding hydrogens is 340 g/mol. The quantitative estimate of drug-likeness (QED) is 0.849. The van der Waals surface area contributed by atoms with Crippen LogP contribution in [0.2, 0.25) is 0 Å². The molecule has 0 bridgehead atoms. The van der Waals surface area contributed by atoms with Gasteiger partial charge in [0.2, 0.25) is 0 Å². The summed E-state index contributed by atoms with van der Waals surface area (Å²) in [5, 5.41) is 4.02. The summed E-state index contributed by atoms with van der Waals surface area (Å²) in [5.74, 6) is 1.07. The minimum Gasteiger partial charge on any atom is -0.339 e. The van der Waals surface area contributed by atoms with Gasteiger partial charge in [0.15, 0.2) is 5.82 Å². The number of amides is 1. The van der Waals surface area contributed by atoms with Crippen molar-refractivity contribution in [1.29, 1.82) is 0 Å². The van der Waals surface area contributed by atoms with E-state index < -0.39 is 5.54 Å². The second-order valence-electron chi connectivity index (χ2n) is 6.40. The molecule has 1 fully saturated rings. The molecule has 0 spiro atoms. The molecule has 0 unspecified atom stereocenters. The summed E-state index contributed by atoms with van der Waals surface area (Å²) in [7, 11) is 0. The molecule has 2 N–H and O–H groups in total. The molecule has 6 nitrogen and oxygen atoms in total. The molecule has 2 aromatic rings. The van der Waals surface area contributed by atoms with Crippen molar-refractivity contribution in [2.75, 3.05) is 13.1 Å².